The van der Waals surface area contributed by atoms with Crippen LogP contribution in [0.15, 0.2) is 54.6 Å². The average Bonchev–Trinajstić information content (AvgIpc) is 3.20. The molecule has 34 heavy (non-hydrogen) atoms. The van der Waals surface area contributed by atoms with Crippen molar-refractivity contribution in [1.82, 2.24) is 19.8 Å². The molecule has 2 amide bonds. The van der Waals surface area contributed by atoms with E-state index in [2.05, 4.69) is 49.7 Å². The number of hydrogen-bond donors (Lipinski definition) is 2. The highest BCUT2D eigenvalue weighted by atomic mass is 32.1. The van der Waals surface area contributed by atoms with Crippen LogP contribution in [-0.4, -0.2) is 65.5 Å². The summed E-state index contributed by atoms with van der Waals surface area (Å²) < 4.78 is 2.10. The first kappa shape index (κ1) is 22.5. The molecule has 9 heteroatoms. The molecule has 2 aliphatic rings. The van der Waals surface area contributed by atoms with Gasteiger partial charge in [-0.1, -0.05) is 30.3 Å². The summed E-state index contributed by atoms with van der Waals surface area (Å²) in [6.45, 7) is 5.34. The lowest BCUT2D eigenvalue weighted by molar-refractivity contribution is -0.122. The minimum Gasteiger partial charge on any atom is -0.369 e. The van der Waals surface area contributed by atoms with Crippen LogP contribution in [0.25, 0.3) is 10.9 Å². The van der Waals surface area contributed by atoms with E-state index in [0.29, 0.717) is 23.6 Å². The Morgan fingerprint density at radius 3 is 2.59 bits per heavy atom. The van der Waals surface area contributed by atoms with E-state index in [1.807, 2.05) is 30.3 Å². The van der Waals surface area contributed by atoms with Gasteiger partial charge >= 0.3 is 0 Å². The Kier molecular flexibility index (Phi) is 6.55. The van der Waals surface area contributed by atoms with Crippen LogP contribution in [0.4, 0.5) is 11.5 Å². The van der Waals surface area contributed by atoms with Crippen molar-refractivity contribution < 1.29 is 9.59 Å². The van der Waals surface area contributed by atoms with E-state index in [1.54, 1.807) is 4.57 Å². The van der Waals surface area contributed by atoms with Gasteiger partial charge in [0.1, 0.15) is 11.9 Å². The number of para-hydroxylation sites is 2. The number of nitrogens with zero attached hydrogens (tertiary/aromatic N) is 4. The molecule has 8 nitrogen and oxygen atoms in total. The Bertz CT molecular complexity index is 1250. The summed E-state index contributed by atoms with van der Waals surface area (Å²) in [6, 6.07) is 17.5. The fourth-order valence-corrected chi connectivity index (χ4v) is 5.04. The van der Waals surface area contributed by atoms with Gasteiger partial charge < -0.3 is 15.5 Å². The molecule has 1 aromatic heterocycles. The summed E-state index contributed by atoms with van der Waals surface area (Å²) in [7, 11) is 0. The third-order valence-electron chi connectivity index (χ3n) is 6.57. The fraction of sp³-hybridized carbons (Fsp3) is 0.360. The van der Waals surface area contributed by atoms with Gasteiger partial charge in [-0.15, -0.1) is 0 Å². The van der Waals surface area contributed by atoms with Gasteiger partial charge in [0.05, 0.1) is 5.52 Å². The van der Waals surface area contributed by atoms with Gasteiger partial charge in [-0.2, -0.15) is 0 Å². The predicted molar refractivity (Wildman–Crippen MR) is 136 cm³/mol. The molecular weight excluding hydrogens is 448 g/mol. The van der Waals surface area contributed by atoms with Gasteiger partial charge in [-0.25, -0.2) is 4.98 Å². The first-order valence-corrected chi connectivity index (χ1v) is 12.1. The van der Waals surface area contributed by atoms with Gasteiger partial charge in [-0.05, 0) is 42.9 Å². The molecule has 1 saturated heterocycles. The van der Waals surface area contributed by atoms with E-state index < -0.39 is 6.04 Å². The maximum Gasteiger partial charge on any atom is 0.248 e. The van der Waals surface area contributed by atoms with Crippen molar-refractivity contribution in [2.75, 3.05) is 49.5 Å². The smallest absolute Gasteiger partial charge is 0.248 e. The van der Waals surface area contributed by atoms with E-state index in [9.17, 15) is 9.59 Å². The summed E-state index contributed by atoms with van der Waals surface area (Å²) in [5, 5.41) is 6.79. The number of nitrogens with one attached hydrogen (secondary N) is 2. The van der Waals surface area contributed by atoms with Crippen LogP contribution in [0.1, 0.15) is 18.9 Å². The molecule has 0 spiro atoms. The van der Waals surface area contributed by atoms with Gasteiger partial charge in [0.15, 0.2) is 0 Å². The minimum atomic E-state index is -0.517. The second-order valence-electron chi connectivity index (χ2n) is 8.69. The standard InChI is InChI=1S/C25H28N6O2S/c32-22(26-12-13-29-14-16-30(17-15-29)18-6-2-1-3-7-18)11-10-21-24(33)28-23-19-8-4-5-9-20(19)27-25(34)31(21)23/h1-9,21H,10-17H2,(H,26,32)(H,28,33). The van der Waals surface area contributed by atoms with Crippen molar-refractivity contribution >= 4 is 46.4 Å². The number of fused-ring (bicyclic) bond motifs is 3. The molecule has 1 atom stereocenters. The molecule has 1 unspecified atom stereocenters. The highest BCUT2D eigenvalue weighted by Crippen LogP contribution is 2.33. The third-order valence-corrected chi connectivity index (χ3v) is 6.85. The van der Waals surface area contributed by atoms with Crippen molar-refractivity contribution in [2.45, 2.75) is 18.9 Å². The topological polar surface area (TPSA) is 82.5 Å². The van der Waals surface area contributed by atoms with Gasteiger partial charge in [-0.3, -0.25) is 19.1 Å². The Morgan fingerprint density at radius 1 is 1.06 bits per heavy atom. The highest BCUT2D eigenvalue weighted by Gasteiger charge is 2.32. The molecule has 3 aromatic rings. The lowest BCUT2D eigenvalue weighted by Gasteiger charge is -2.36. The Labute approximate surface area is 203 Å². The maximum atomic E-state index is 12.6. The molecule has 0 saturated carbocycles. The largest absolute Gasteiger partial charge is 0.369 e. The summed E-state index contributed by atoms with van der Waals surface area (Å²) in [4.78, 5) is 34.3. The molecule has 0 radical (unpaired) electrons. The van der Waals surface area contributed by atoms with Crippen LogP contribution >= 0.6 is 12.2 Å². The van der Waals surface area contributed by atoms with E-state index in [0.717, 1.165) is 43.6 Å². The Balaban J connectivity index is 1.09. The lowest BCUT2D eigenvalue weighted by atomic mass is 10.1. The first-order chi connectivity index (χ1) is 16.6. The number of amides is 2. The SMILES string of the molecule is O=C(CCC1C(=O)Nc2c3ccccc3nc(=S)n21)NCCN1CCN(c2ccccc2)CC1. The second kappa shape index (κ2) is 9.90. The van der Waals surface area contributed by atoms with Crippen molar-refractivity contribution in [2.24, 2.45) is 0 Å². The van der Waals surface area contributed by atoms with E-state index in [1.165, 1.54) is 5.69 Å². The summed E-state index contributed by atoms with van der Waals surface area (Å²) in [5.74, 6) is 0.471. The second-order valence-corrected chi connectivity index (χ2v) is 9.05. The average molecular weight is 477 g/mol. The number of piperazine rings is 1. The monoisotopic (exact) mass is 476 g/mol. The summed E-state index contributed by atoms with van der Waals surface area (Å²) in [5.41, 5.74) is 2.01. The molecule has 2 aromatic carbocycles. The van der Waals surface area contributed by atoms with Gasteiger partial charge in [0.2, 0.25) is 16.6 Å². The zero-order chi connectivity index (χ0) is 23.5. The van der Waals surface area contributed by atoms with Crippen LogP contribution < -0.4 is 15.5 Å². The van der Waals surface area contributed by atoms with E-state index in [4.69, 9.17) is 12.2 Å². The van der Waals surface area contributed by atoms with Crippen molar-refractivity contribution in [3.05, 3.63) is 59.4 Å². The van der Waals surface area contributed by atoms with Crippen LogP contribution in [0, 0.1) is 4.77 Å². The Hall–Kier alpha value is -3.30. The number of hydrogen-bond acceptors (Lipinski definition) is 6. The number of carbonyl (C=O) groups excluding carboxylic acids is 2. The molecule has 176 valence electrons. The number of benzene rings is 2. The molecular formula is C25H28N6O2S. The van der Waals surface area contributed by atoms with Crippen molar-refractivity contribution in [1.29, 1.82) is 0 Å². The normalized spacial score (nSPS) is 18.1. The van der Waals surface area contributed by atoms with E-state index >= 15 is 0 Å². The summed E-state index contributed by atoms with van der Waals surface area (Å²) in [6.07, 6.45) is 0.642. The number of carbonyl (C=O) groups is 2. The maximum absolute atomic E-state index is 12.6. The zero-order valence-electron chi connectivity index (χ0n) is 18.9. The number of aromatic nitrogens is 2. The molecule has 3 heterocycles. The molecule has 2 aliphatic heterocycles. The molecule has 0 bridgehead atoms. The van der Waals surface area contributed by atoms with Crippen LogP contribution in [0.3, 0.4) is 0 Å². The number of rotatable bonds is 7. The summed E-state index contributed by atoms with van der Waals surface area (Å²) >= 11 is 5.45. The number of anilines is 2. The van der Waals surface area contributed by atoms with Crippen molar-refractivity contribution in [3.8, 4) is 0 Å². The lowest BCUT2D eigenvalue weighted by Crippen LogP contribution is -2.48. The van der Waals surface area contributed by atoms with E-state index in [-0.39, 0.29) is 18.2 Å². The van der Waals surface area contributed by atoms with Crippen molar-refractivity contribution in [3.63, 3.8) is 0 Å². The quantitative estimate of drug-likeness (QED) is 0.510. The molecule has 0 aliphatic carbocycles. The molecule has 5 rings (SSSR count). The molecule has 2 N–H and O–H groups in total. The van der Waals surface area contributed by atoms with Gasteiger partial charge in [0.25, 0.3) is 0 Å². The fourth-order valence-electron chi connectivity index (χ4n) is 4.73. The predicted octanol–water partition coefficient (Wildman–Crippen LogP) is 2.98. The Morgan fingerprint density at radius 2 is 1.79 bits per heavy atom. The van der Waals surface area contributed by atoms with Crippen LogP contribution in [0.2, 0.25) is 0 Å². The van der Waals surface area contributed by atoms with Gasteiger partial charge in [0, 0.05) is 56.8 Å². The van der Waals surface area contributed by atoms with Crippen LogP contribution in [-0.2, 0) is 9.59 Å². The van der Waals surface area contributed by atoms with Crippen LogP contribution in [0.5, 0.6) is 0 Å². The third kappa shape index (κ3) is 4.67. The first-order valence-electron chi connectivity index (χ1n) is 11.7. The zero-order valence-corrected chi connectivity index (χ0v) is 19.8. The molecule has 1 fully saturated rings. The highest BCUT2D eigenvalue weighted by molar-refractivity contribution is 7.71. The minimum absolute atomic E-state index is 0.0514.